The lowest BCUT2D eigenvalue weighted by atomic mass is 9.55. The van der Waals surface area contributed by atoms with E-state index < -0.39 is 46.4 Å². The Balaban J connectivity index is 1.59. The van der Waals surface area contributed by atoms with Crippen LogP contribution in [0.3, 0.4) is 0 Å². The number of aryl methyl sites for hydroxylation is 1. The highest BCUT2D eigenvalue weighted by atomic mass is 16.5. The maximum Gasteiger partial charge on any atom is 0.341 e. The van der Waals surface area contributed by atoms with E-state index in [1.807, 2.05) is 96.9 Å². The summed E-state index contributed by atoms with van der Waals surface area (Å²) in [7, 11) is 2.45. The molecule has 2 aliphatic carbocycles. The molecule has 0 saturated carbocycles. The monoisotopic (exact) mass is 581 g/mol. The molecule has 1 fully saturated rings. The van der Waals surface area contributed by atoms with Crippen LogP contribution in [0.5, 0.6) is 0 Å². The topological polar surface area (TPSA) is 90.0 Å². The Hall–Kier alpha value is -5.30. The van der Waals surface area contributed by atoms with E-state index in [0.29, 0.717) is 22.3 Å². The number of rotatable bonds is 4. The molecule has 0 bridgehead atoms. The number of hydrogen-bond acceptors (Lipinski definition) is 7. The second-order valence-electron chi connectivity index (χ2n) is 11.8. The average molecular weight is 582 g/mol. The zero-order chi connectivity index (χ0) is 30.5. The molecule has 4 aliphatic rings. The lowest BCUT2D eigenvalue weighted by molar-refractivity contribution is -0.159. The molecule has 1 unspecified atom stereocenters. The number of hydrogen-bond donors (Lipinski definition) is 0. The van der Waals surface area contributed by atoms with E-state index in [-0.39, 0.29) is 5.57 Å². The van der Waals surface area contributed by atoms with E-state index in [2.05, 4.69) is 0 Å². The molecule has 0 N–H and O–H groups in total. The Morgan fingerprint density at radius 2 is 1.57 bits per heavy atom. The minimum atomic E-state index is -2.15. The van der Waals surface area contributed by atoms with Gasteiger partial charge in [0.1, 0.15) is 11.6 Å². The molecular formula is C37H27NO6. The van der Waals surface area contributed by atoms with Gasteiger partial charge in [-0.15, -0.1) is 0 Å². The molecule has 7 nitrogen and oxygen atoms in total. The fourth-order valence-corrected chi connectivity index (χ4v) is 8.57. The summed E-state index contributed by atoms with van der Waals surface area (Å²) in [5, 5.41) is 1.73. The number of nitrogens with zero attached hydrogens (tertiary/aromatic N) is 1. The van der Waals surface area contributed by atoms with Gasteiger partial charge in [0.2, 0.25) is 0 Å². The third kappa shape index (κ3) is 2.78. The van der Waals surface area contributed by atoms with Gasteiger partial charge in [0, 0.05) is 11.8 Å². The van der Waals surface area contributed by atoms with Crippen molar-refractivity contribution in [3.8, 4) is 0 Å². The van der Waals surface area contributed by atoms with Crippen molar-refractivity contribution in [2.75, 3.05) is 14.2 Å². The predicted octanol–water partition coefficient (Wildman–Crippen LogP) is 5.36. The number of benzene rings is 4. The Morgan fingerprint density at radius 1 is 0.841 bits per heavy atom. The van der Waals surface area contributed by atoms with Gasteiger partial charge < -0.3 is 14.4 Å². The van der Waals surface area contributed by atoms with Crippen molar-refractivity contribution in [2.45, 2.75) is 24.4 Å². The summed E-state index contributed by atoms with van der Waals surface area (Å²) >= 11 is 0. The van der Waals surface area contributed by atoms with Gasteiger partial charge in [-0.1, -0.05) is 90.5 Å². The fourth-order valence-electron chi connectivity index (χ4n) is 8.57. The Labute approximate surface area is 253 Å². The lowest BCUT2D eigenvalue weighted by Crippen LogP contribution is -2.58. The number of ketones is 2. The van der Waals surface area contributed by atoms with Crippen LogP contribution in [0, 0.1) is 12.3 Å². The van der Waals surface area contributed by atoms with Gasteiger partial charge in [-0.25, -0.2) is 4.79 Å². The van der Waals surface area contributed by atoms with Crippen LogP contribution in [0.1, 0.15) is 44.2 Å². The third-order valence-corrected chi connectivity index (χ3v) is 10.1. The van der Waals surface area contributed by atoms with Crippen LogP contribution in [-0.2, 0) is 29.3 Å². The van der Waals surface area contributed by atoms with E-state index in [1.54, 1.807) is 12.1 Å². The molecule has 4 atom stereocenters. The first kappa shape index (κ1) is 26.3. The van der Waals surface area contributed by atoms with Gasteiger partial charge in [0.25, 0.3) is 0 Å². The van der Waals surface area contributed by atoms with Crippen molar-refractivity contribution in [2.24, 2.45) is 5.41 Å². The molecule has 7 heteroatoms. The molecule has 216 valence electrons. The maximum absolute atomic E-state index is 15.2. The van der Waals surface area contributed by atoms with Crippen molar-refractivity contribution in [3.05, 3.63) is 130 Å². The van der Waals surface area contributed by atoms with Crippen molar-refractivity contribution < 1.29 is 28.7 Å². The van der Waals surface area contributed by atoms with E-state index in [1.165, 1.54) is 14.2 Å². The molecule has 8 rings (SSSR count). The standard InChI is InChI=1S/C37H27NO6/c1-20-14-16-23(17-15-20)30(39)32-37(35(42)44-3)33(40)28(34(41)43-2)29-25-12-6-9-22-10-7-13-26(27(22)25)36(29,37)31-24-11-5-4-8-21(24)18-19-38(31)32/h4-19,31-32H,1-3H3/t31?,32-,36+,37+/m0/s1. The summed E-state index contributed by atoms with van der Waals surface area (Å²) in [6, 6.07) is 24.3. The Morgan fingerprint density at radius 3 is 2.30 bits per heavy atom. The molecule has 0 radical (unpaired) electrons. The number of carbonyl (C=O) groups is 4. The van der Waals surface area contributed by atoms with Crippen molar-refractivity contribution in [1.82, 2.24) is 4.90 Å². The molecule has 4 aromatic carbocycles. The average Bonchev–Trinajstić information content (AvgIpc) is 3.59. The van der Waals surface area contributed by atoms with Gasteiger partial charge in [-0.2, -0.15) is 0 Å². The first-order valence-corrected chi connectivity index (χ1v) is 14.5. The maximum atomic E-state index is 15.2. The van der Waals surface area contributed by atoms with E-state index in [4.69, 9.17) is 9.47 Å². The lowest BCUT2D eigenvalue weighted by Gasteiger charge is -2.42. The second-order valence-corrected chi connectivity index (χ2v) is 11.8. The Kier molecular flexibility index (Phi) is 5.30. The van der Waals surface area contributed by atoms with Crippen LogP contribution < -0.4 is 0 Å². The third-order valence-electron chi connectivity index (χ3n) is 10.1. The number of methoxy groups -OCH3 is 2. The van der Waals surface area contributed by atoms with Gasteiger partial charge in [0.15, 0.2) is 17.0 Å². The Bertz CT molecular complexity index is 2050. The molecular weight excluding hydrogens is 554 g/mol. The number of carbonyl (C=O) groups excluding carboxylic acids is 4. The molecule has 1 spiro atoms. The van der Waals surface area contributed by atoms with Crippen LogP contribution in [0.4, 0.5) is 0 Å². The first-order chi connectivity index (χ1) is 21.3. The highest BCUT2D eigenvalue weighted by Crippen LogP contribution is 2.76. The first-order valence-electron chi connectivity index (χ1n) is 14.5. The summed E-state index contributed by atoms with van der Waals surface area (Å²) in [6.45, 7) is 1.92. The number of fused-ring (bicyclic) bond motifs is 4. The second kappa shape index (κ2) is 8.86. The summed E-state index contributed by atoms with van der Waals surface area (Å²) in [5.74, 6) is -2.89. The minimum Gasteiger partial charge on any atom is -0.468 e. The van der Waals surface area contributed by atoms with Crippen LogP contribution >= 0.6 is 0 Å². The zero-order valence-electron chi connectivity index (χ0n) is 24.3. The smallest absolute Gasteiger partial charge is 0.341 e. The molecule has 4 aromatic rings. The SMILES string of the molecule is COC(=O)C1=C2c3cccc4cccc(c34)[C@]23C2c4ccccc4C=CN2[C@@H](C(=O)c2ccc(C)cc2)[C@]3(C(=O)OC)C1=O. The summed E-state index contributed by atoms with van der Waals surface area (Å²) in [5.41, 5.74) is 0.977. The minimum absolute atomic E-state index is 0.213. The van der Waals surface area contributed by atoms with Gasteiger partial charge in [-0.05, 0) is 51.6 Å². The van der Waals surface area contributed by atoms with E-state index >= 15 is 4.79 Å². The van der Waals surface area contributed by atoms with Gasteiger partial charge >= 0.3 is 11.9 Å². The molecule has 0 amide bonds. The summed E-state index contributed by atoms with van der Waals surface area (Å²) < 4.78 is 10.8. The normalized spacial score (nSPS) is 25.4. The largest absolute Gasteiger partial charge is 0.468 e. The molecule has 0 aromatic heterocycles. The highest BCUT2D eigenvalue weighted by molar-refractivity contribution is 6.39. The molecule has 1 saturated heterocycles. The van der Waals surface area contributed by atoms with Crippen molar-refractivity contribution in [3.63, 3.8) is 0 Å². The number of ether oxygens (including phenoxy) is 2. The van der Waals surface area contributed by atoms with Crippen LogP contribution in [0.15, 0.2) is 96.7 Å². The van der Waals surface area contributed by atoms with Crippen LogP contribution in [0.2, 0.25) is 0 Å². The fraction of sp³-hybridized carbons (Fsp3) is 0.189. The van der Waals surface area contributed by atoms with E-state index in [9.17, 15) is 14.4 Å². The van der Waals surface area contributed by atoms with Gasteiger partial charge in [0.05, 0.1) is 25.7 Å². The van der Waals surface area contributed by atoms with Crippen LogP contribution in [0.25, 0.3) is 22.4 Å². The molecule has 2 aliphatic heterocycles. The quantitative estimate of drug-likeness (QED) is 0.139. The van der Waals surface area contributed by atoms with Crippen LogP contribution in [-0.4, -0.2) is 48.7 Å². The van der Waals surface area contributed by atoms with Crippen molar-refractivity contribution >= 4 is 45.9 Å². The summed E-state index contributed by atoms with van der Waals surface area (Å²) in [4.78, 5) is 60.5. The summed E-state index contributed by atoms with van der Waals surface area (Å²) in [6.07, 6.45) is 3.72. The number of esters is 2. The molecule has 44 heavy (non-hydrogen) atoms. The molecule has 2 heterocycles. The van der Waals surface area contributed by atoms with Gasteiger partial charge in [-0.3, -0.25) is 14.4 Å². The zero-order valence-corrected chi connectivity index (χ0v) is 24.3. The highest BCUT2D eigenvalue weighted by Gasteiger charge is 2.84. The number of Topliss-reactive ketones (excluding diaryl/α,β-unsaturated/α-hetero) is 2. The van der Waals surface area contributed by atoms with E-state index in [0.717, 1.165) is 27.5 Å². The predicted molar refractivity (Wildman–Crippen MR) is 163 cm³/mol. The van der Waals surface area contributed by atoms with Crippen molar-refractivity contribution in [1.29, 1.82) is 0 Å².